The smallest absolute Gasteiger partial charge is 0.132 e. The van der Waals surface area contributed by atoms with Crippen LogP contribution in [0, 0.1) is 12.8 Å². The van der Waals surface area contributed by atoms with Gasteiger partial charge in [-0.1, -0.05) is 0 Å². The zero-order valence-corrected chi connectivity index (χ0v) is 18.0. The number of ether oxygens (including phenoxy) is 2. The van der Waals surface area contributed by atoms with Crippen LogP contribution in [0.4, 0.5) is 5.69 Å². The van der Waals surface area contributed by atoms with Crippen LogP contribution in [0.25, 0.3) is 10.9 Å². The third-order valence-electron chi connectivity index (χ3n) is 6.37. The van der Waals surface area contributed by atoms with Crippen molar-refractivity contribution in [1.29, 1.82) is 0 Å². The van der Waals surface area contributed by atoms with E-state index in [0.29, 0.717) is 5.92 Å². The minimum Gasteiger partial charge on any atom is -0.490 e. The molecule has 1 aromatic carbocycles. The Labute approximate surface area is 184 Å². The lowest BCUT2D eigenvalue weighted by molar-refractivity contribution is 0.122. The summed E-state index contributed by atoms with van der Waals surface area (Å²) in [5.41, 5.74) is 3.23. The van der Waals surface area contributed by atoms with Gasteiger partial charge in [0.25, 0.3) is 0 Å². The Morgan fingerprint density at radius 2 is 1.97 bits per heavy atom. The van der Waals surface area contributed by atoms with Gasteiger partial charge in [0.1, 0.15) is 17.9 Å². The Morgan fingerprint density at radius 1 is 1.13 bits per heavy atom. The maximum Gasteiger partial charge on any atom is 0.132 e. The van der Waals surface area contributed by atoms with Crippen molar-refractivity contribution in [2.75, 3.05) is 31.2 Å². The first-order chi connectivity index (χ1) is 15.2. The van der Waals surface area contributed by atoms with Gasteiger partial charge in [0.2, 0.25) is 0 Å². The first-order valence-corrected chi connectivity index (χ1v) is 11.3. The van der Waals surface area contributed by atoms with E-state index >= 15 is 0 Å². The molecule has 0 atom stereocenters. The number of morpholine rings is 1. The van der Waals surface area contributed by atoms with E-state index in [4.69, 9.17) is 9.47 Å². The lowest BCUT2D eigenvalue weighted by Gasteiger charge is -2.31. The Balaban J connectivity index is 0.00000245. The topological polar surface area (TPSA) is 73.3 Å². The summed E-state index contributed by atoms with van der Waals surface area (Å²) in [4.78, 5) is 19.9. The molecule has 0 N–H and O–H groups in total. The average Bonchev–Trinajstić information content (AvgIpc) is 2.81. The highest BCUT2D eigenvalue weighted by molar-refractivity contribution is 5.88. The number of aromatic nitrogens is 4. The van der Waals surface area contributed by atoms with E-state index in [1.54, 1.807) is 6.33 Å². The fraction of sp³-hybridized carbons (Fsp3) is 0.500. The fourth-order valence-electron chi connectivity index (χ4n) is 4.69. The molecule has 1 saturated heterocycles. The van der Waals surface area contributed by atoms with E-state index in [9.17, 15) is 0 Å². The Hall–Kier alpha value is -2.80. The summed E-state index contributed by atoms with van der Waals surface area (Å²) >= 11 is 0. The number of aryl methyl sites for hydroxylation is 1. The number of hydrogen-bond donors (Lipinski definition) is 0. The molecule has 2 fully saturated rings. The number of hydrogen-bond acceptors (Lipinski definition) is 7. The molecule has 0 spiro atoms. The van der Waals surface area contributed by atoms with Crippen LogP contribution < -0.4 is 9.64 Å². The molecule has 164 valence electrons. The van der Waals surface area contributed by atoms with E-state index < -0.39 is 0 Å². The van der Waals surface area contributed by atoms with E-state index in [2.05, 4.69) is 37.0 Å². The van der Waals surface area contributed by atoms with Crippen LogP contribution in [0.15, 0.2) is 36.9 Å². The average molecular weight is 422 g/mol. The van der Waals surface area contributed by atoms with Crippen molar-refractivity contribution in [1.82, 2.24) is 19.9 Å². The van der Waals surface area contributed by atoms with Gasteiger partial charge >= 0.3 is 0 Å². The van der Waals surface area contributed by atoms with Gasteiger partial charge in [-0.25, -0.2) is 19.9 Å². The second-order valence-corrected chi connectivity index (χ2v) is 8.56. The largest absolute Gasteiger partial charge is 0.490 e. The normalized spacial score (nSPS) is 21.9. The summed E-state index contributed by atoms with van der Waals surface area (Å²) in [7, 11) is 0. The van der Waals surface area contributed by atoms with E-state index in [1.807, 2.05) is 25.4 Å². The predicted octanol–water partition coefficient (Wildman–Crippen LogP) is 3.99. The van der Waals surface area contributed by atoms with Crippen LogP contribution in [-0.4, -0.2) is 52.3 Å². The Bertz CT molecular complexity index is 1040. The van der Waals surface area contributed by atoms with E-state index in [-0.39, 0.29) is 7.53 Å². The molecule has 1 aliphatic heterocycles. The summed E-state index contributed by atoms with van der Waals surface area (Å²) in [5, 5.41) is 0.984. The molecule has 31 heavy (non-hydrogen) atoms. The molecule has 2 aromatic heterocycles. The van der Waals surface area contributed by atoms with Crippen molar-refractivity contribution in [3.63, 3.8) is 0 Å². The van der Waals surface area contributed by atoms with Gasteiger partial charge in [-0.3, -0.25) is 0 Å². The summed E-state index contributed by atoms with van der Waals surface area (Å²) < 4.78 is 12.1. The van der Waals surface area contributed by atoms with Crippen LogP contribution in [-0.2, 0) is 11.2 Å². The van der Waals surface area contributed by atoms with Crippen molar-refractivity contribution in [3.8, 4) is 5.75 Å². The molecule has 0 amide bonds. The third-order valence-corrected chi connectivity index (χ3v) is 6.37. The van der Waals surface area contributed by atoms with Gasteiger partial charge in [0.15, 0.2) is 0 Å². The van der Waals surface area contributed by atoms with Gasteiger partial charge < -0.3 is 14.4 Å². The van der Waals surface area contributed by atoms with Gasteiger partial charge in [0, 0.05) is 44.4 Å². The number of fused-ring (bicyclic) bond motifs is 1. The molecule has 1 aliphatic carbocycles. The molecular formula is C24H31N5O2. The standard InChI is InChI=1S/C24H29N5O2.H2/c1-17-26-7-6-19(28-17)12-18-2-4-21(5-3-18)31-24-14-20(29-8-10-30-11-9-29)13-23-22(24)15-25-16-27-23;/h6-7,13-16,18,21H,2-5,8-12H2,1H3;1H. The molecular weight excluding hydrogens is 390 g/mol. The summed E-state index contributed by atoms with van der Waals surface area (Å²) in [6.07, 6.45) is 11.0. The van der Waals surface area contributed by atoms with E-state index in [0.717, 1.165) is 92.3 Å². The highest BCUT2D eigenvalue weighted by Gasteiger charge is 2.24. The SMILES string of the molecule is Cc1nccc(CC2CCC(Oc3cc(N4CCOCC4)cc4ncncc34)CC2)n1.[HH]. The van der Waals surface area contributed by atoms with Crippen molar-refractivity contribution in [2.45, 2.75) is 45.1 Å². The lowest BCUT2D eigenvalue weighted by atomic mass is 9.84. The molecule has 3 heterocycles. The second-order valence-electron chi connectivity index (χ2n) is 8.56. The third kappa shape index (κ3) is 4.77. The first-order valence-electron chi connectivity index (χ1n) is 11.3. The number of anilines is 1. The summed E-state index contributed by atoms with van der Waals surface area (Å²) in [5.74, 6) is 2.41. The molecule has 7 nitrogen and oxygen atoms in total. The first kappa shape index (κ1) is 20.1. The van der Waals surface area contributed by atoms with Crippen LogP contribution in [0.5, 0.6) is 5.75 Å². The number of benzene rings is 1. The van der Waals surface area contributed by atoms with Crippen molar-refractivity contribution >= 4 is 16.6 Å². The molecule has 0 unspecified atom stereocenters. The van der Waals surface area contributed by atoms with Gasteiger partial charge in [0.05, 0.1) is 30.2 Å². The molecule has 0 radical (unpaired) electrons. The Kier molecular flexibility index (Phi) is 5.93. The molecule has 5 rings (SSSR count). The highest BCUT2D eigenvalue weighted by Crippen LogP contribution is 2.35. The maximum atomic E-state index is 6.55. The van der Waals surface area contributed by atoms with Crippen LogP contribution in [0.1, 0.15) is 38.6 Å². The molecule has 1 saturated carbocycles. The lowest BCUT2D eigenvalue weighted by Crippen LogP contribution is -2.36. The van der Waals surface area contributed by atoms with Crippen LogP contribution >= 0.6 is 0 Å². The highest BCUT2D eigenvalue weighted by atomic mass is 16.5. The van der Waals surface area contributed by atoms with Crippen molar-refractivity contribution in [2.24, 2.45) is 5.92 Å². The molecule has 2 aliphatic rings. The minimum absolute atomic E-state index is 0. The number of nitrogens with zero attached hydrogens (tertiary/aromatic N) is 5. The van der Waals surface area contributed by atoms with Gasteiger partial charge in [-0.2, -0.15) is 0 Å². The van der Waals surface area contributed by atoms with Gasteiger partial charge in [-0.05, 0) is 57.1 Å². The van der Waals surface area contributed by atoms with Crippen molar-refractivity contribution < 1.29 is 10.9 Å². The van der Waals surface area contributed by atoms with Crippen LogP contribution in [0.3, 0.4) is 0 Å². The van der Waals surface area contributed by atoms with Gasteiger partial charge in [-0.15, -0.1) is 0 Å². The second kappa shape index (κ2) is 9.14. The van der Waals surface area contributed by atoms with Crippen molar-refractivity contribution in [3.05, 3.63) is 48.4 Å². The Morgan fingerprint density at radius 3 is 2.77 bits per heavy atom. The monoisotopic (exact) mass is 421 g/mol. The zero-order chi connectivity index (χ0) is 21.0. The molecule has 3 aromatic rings. The zero-order valence-electron chi connectivity index (χ0n) is 18.0. The molecule has 0 bridgehead atoms. The summed E-state index contributed by atoms with van der Waals surface area (Å²) in [6, 6.07) is 6.33. The minimum atomic E-state index is 0. The quantitative estimate of drug-likeness (QED) is 0.617. The maximum absolute atomic E-state index is 6.55. The van der Waals surface area contributed by atoms with E-state index in [1.165, 1.54) is 0 Å². The predicted molar refractivity (Wildman–Crippen MR) is 122 cm³/mol. The van der Waals surface area contributed by atoms with Crippen LogP contribution in [0.2, 0.25) is 0 Å². The summed E-state index contributed by atoms with van der Waals surface area (Å²) in [6.45, 7) is 5.25. The molecule has 7 heteroatoms. The fourth-order valence-corrected chi connectivity index (χ4v) is 4.69. The number of rotatable bonds is 5.